The minimum Gasteiger partial charge on any atom is -0.450 e. The molecule has 1 heterocycles. The number of amides is 3. The summed E-state index contributed by atoms with van der Waals surface area (Å²) in [5, 5.41) is 3.10. The second-order valence-electron chi connectivity index (χ2n) is 5.89. The van der Waals surface area contributed by atoms with E-state index in [-0.39, 0.29) is 18.2 Å². The number of ether oxygens (including phenoxy) is 1. The van der Waals surface area contributed by atoms with Crippen LogP contribution in [0.1, 0.15) is 39.5 Å². The topological polar surface area (TPSA) is 61.9 Å². The quantitative estimate of drug-likeness (QED) is 0.845. The van der Waals surface area contributed by atoms with Crippen LogP contribution in [0.5, 0.6) is 0 Å². The summed E-state index contributed by atoms with van der Waals surface area (Å²) < 4.78 is 5.00. The van der Waals surface area contributed by atoms with E-state index in [1.54, 1.807) is 4.90 Å². The van der Waals surface area contributed by atoms with Crippen LogP contribution in [-0.2, 0) is 4.74 Å². The van der Waals surface area contributed by atoms with Gasteiger partial charge in [0, 0.05) is 32.2 Å². The number of hydrogen-bond donors (Lipinski definition) is 1. The molecule has 1 saturated heterocycles. The maximum atomic E-state index is 12.2. The maximum Gasteiger partial charge on any atom is 0.409 e. The van der Waals surface area contributed by atoms with E-state index in [0.717, 1.165) is 25.9 Å². The number of likely N-dealkylation sites (tertiary alicyclic amines) is 1. The zero-order valence-electron chi connectivity index (χ0n) is 13.1. The van der Waals surface area contributed by atoms with E-state index >= 15 is 0 Å². The number of nitrogens with zero attached hydrogens (tertiary/aromatic N) is 2. The van der Waals surface area contributed by atoms with E-state index in [0.29, 0.717) is 25.6 Å². The van der Waals surface area contributed by atoms with Gasteiger partial charge in [-0.3, -0.25) is 0 Å². The van der Waals surface area contributed by atoms with Crippen LogP contribution in [0.15, 0.2) is 0 Å². The van der Waals surface area contributed by atoms with E-state index in [1.807, 2.05) is 18.7 Å². The highest BCUT2D eigenvalue weighted by atomic mass is 16.6. The molecule has 6 nitrogen and oxygen atoms in total. The van der Waals surface area contributed by atoms with E-state index < -0.39 is 0 Å². The van der Waals surface area contributed by atoms with Crippen molar-refractivity contribution >= 4 is 12.1 Å². The molecular formula is C15H27N3O3. The Hall–Kier alpha value is -1.46. The van der Waals surface area contributed by atoms with Crippen LogP contribution in [0, 0.1) is 5.92 Å². The lowest BCUT2D eigenvalue weighted by Gasteiger charge is -2.33. The van der Waals surface area contributed by atoms with Gasteiger partial charge in [-0.05, 0) is 45.4 Å². The van der Waals surface area contributed by atoms with E-state index in [4.69, 9.17) is 4.74 Å². The molecule has 3 amide bonds. The Kier molecular flexibility index (Phi) is 5.70. The fourth-order valence-corrected chi connectivity index (χ4v) is 2.65. The molecule has 21 heavy (non-hydrogen) atoms. The summed E-state index contributed by atoms with van der Waals surface area (Å²) in [4.78, 5) is 27.5. The van der Waals surface area contributed by atoms with Gasteiger partial charge in [-0.2, -0.15) is 0 Å². The van der Waals surface area contributed by atoms with Gasteiger partial charge in [-0.15, -0.1) is 0 Å². The molecule has 0 radical (unpaired) electrons. The minimum atomic E-state index is -0.244. The first kappa shape index (κ1) is 15.9. The zero-order chi connectivity index (χ0) is 15.2. The number of rotatable bonds is 5. The van der Waals surface area contributed by atoms with Crippen molar-refractivity contribution in [2.45, 2.75) is 45.6 Å². The van der Waals surface area contributed by atoms with Gasteiger partial charge >= 0.3 is 12.1 Å². The predicted molar refractivity (Wildman–Crippen MR) is 80.1 cm³/mol. The van der Waals surface area contributed by atoms with Crippen LogP contribution < -0.4 is 5.32 Å². The normalized spacial score (nSPS) is 19.2. The van der Waals surface area contributed by atoms with Crippen LogP contribution in [-0.4, -0.2) is 60.8 Å². The van der Waals surface area contributed by atoms with E-state index in [2.05, 4.69) is 5.32 Å². The molecule has 1 N–H and O–H groups in total. The molecule has 2 rings (SSSR count). The minimum absolute atomic E-state index is 0.0407. The second-order valence-corrected chi connectivity index (χ2v) is 5.89. The van der Waals surface area contributed by atoms with Crippen molar-refractivity contribution in [1.82, 2.24) is 15.1 Å². The largest absolute Gasteiger partial charge is 0.450 e. The van der Waals surface area contributed by atoms with Crippen molar-refractivity contribution in [3.63, 3.8) is 0 Å². The van der Waals surface area contributed by atoms with Crippen LogP contribution in [0.2, 0.25) is 0 Å². The molecule has 0 unspecified atom stereocenters. The van der Waals surface area contributed by atoms with Crippen molar-refractivity contribution in [2.24, 2.45) is 5.92 Å². The molecular weight excluding hydrogens is 270 g/mol. The van der Waals surface area contributed by atoms with Gasteiger partial charge in [0.15, 0.2) is 0 Å². The summed E-state index contributed by atoms with van der Waals surface area (Å²) in [5.41, 5.74) is 0. The lowest BCUT2D eigenvalue weighted by atomic mass is 10.1. The molecule has 0 bridgehead atoms. The Morgan fingerprint density at radius 1 is 1.19 bits per heavy atom. The molecule has 0 atom stereocenters. The SMILES string of the molecule is CCOC(=O)N1CCC(NC(=O)N(CC)CC2CC2)CC1. The third-order valence-electron chi connectivity index (χ3n) is 4.19. The fourth-order valence-electron chi connectivity index (χ4n) is 2.65. The van der Waals surface area contributed by atoms with Crippen LogP contribution >= 0.6 is 0 Å². The molecule has 2 aliphatic rings. The second kappa shape index (κ2) is 7.52. The first-order chi connectivity index (χ1) is 10.1. The molecule has 0 spiro atoms. The smallest absolute Gasteiger partial charge is 0.409 e. The number of nitrogens with one attached hydrogen (secondary N) is 1. The van der Waals surface area contributed by atoms with Crippen molar-refractivity contribution in [1.29, 1.82) is 0 Å². The predicted octanol–water partition coefficient (Wildman–Crippen LogP) is 2.05. The fraction of sp³-hybridized carbons (Fsp3) is 0.867. The van der Waals surface area contributed by atoms with Crippen LogP contribution in [0.4, 0.5) is 9.59 Å². The first-order valence-electron chi connectivity index (χ1n) is 8.11. The van der Waals surface area contributed by atoms with Crippen molar-refractivity contribution in [3.05, 3.63) is 0 Å². The third-order valence-corrected chi connectivity index (χ3v) is 4.19. The van der Waals surface area contributed by atoms with E-state index in [9.17, 15) is 9.59 Å². The van der Waals surface area contributed by atoms with Crippen LogP contribution in [0.25, 0.3) is 0 Å². The Morgan fingerprint density at radius 3 is 2.38 bits per heavy atom. The number of piperidine rings is 1. The Labute approximate surface area is 126 Å². The molecule has 2 fully saturated rings. The maximum absolute atomic E-state index is 12.2. The van der Waals surface area contributed by atoms with Crippen molar-refractivity contribution < 1.29 is 14.3 Å². The molecule has 6 heteroatoms. The summed E-state index contributed by atoms with van der Waals surface area (Å²) in [6.45, 7) is 7.17. The summed E-state index contributed by atoms with van der Waals surface area (Å²) in [5.74, 6) is 0.710. The molecule has 0 aromatic carbocycles. The molecule has 1 saturated carbocycles. The number of urea groups is 1. The molecule has 0 aromatic heterocycles. The third kappa shape index (κ3) is 4.79. The highest BCUT2D eigenvalue weighted by molar-refractivity contribution is 5.74. The molecule has 0 aromatic rings. The molecule has 1 aliphatic carbocycles. The molecule has 1 aliphatic heterocycles. The van der Waals surface area contributed by atoms with Gasteiger partial charge in [0.1, 0.15) is 0 Å². The lowest BCUT2D eigenvalue weighted by molar-refractivity contribution is 0.0951. The summed E-state index contributed by atoms with van der Waals surface area (Å²) in [7, 11) is 0. The Morgan fingerprint density at radius 2 is 1.86 bits per heavy atom. The summed E-state index contributed by atoms with van der Waals surface area (Å²) in [6.07, 6.45) is 3.85. The Bertz CT molecular complexity index is 363. The van der Waals surface area contributed by atoms with Gasteiger partial charge in [-0.25, -0.2) is 9.59 Å². The average Bonchev–Trinajstić information content (AvgIpc) is 3.29. The highest BCUT2D eigenvalue weighted by Crippen LogP contribution is 2.29. The first-order valence-corrected chi connectivity index (χ1v) is 8.11. The zero-order valence-corrected chi connectivity index (χ0v) is 13.1. The van der Waals surface area contributed by atoms with Gasteiger partial charge in [0.25, 0.3) is 0 Å². The van der Waals surface area contributed by atoms with Gasteiger partial charge in [-0.1, -0.05) is 0 Å². The summed E-state index contributed by atoms with van der Waals surface area (Å²) in [6, 6.07) is 0.204. The van der Waals surface area contributed by atoms with Crippen molar-refractivity contribution in [2.75, 3.05) is 32.8 Å². The van der Waals surface area contributed by atoms with Crippen molar-refractivity contribution in [3.8, 4) is 0 Å². The standard InChI is InChI=1S/C15H27N3O3/c1-3-17(11-12-5-6-12)14(19)16-13-7-9-18(10-8-13)15(20)21-4-2/h12-13H,3-11H2,1-2H3,(H,16,19). The molecule has 120 valence electrons. The highest BCUT2D eigenvalue weighted by Gasteiger charge is 2.28. The number of carbonyl (C=O) groups is 2. The Balaban J connectivity index is 1.71. The van der Waals surface area contributed by atoms with Crippen LogP contribution in [0.3, 0.4) is 0 Å². The monoisotopic (exact) mass is 297 g/mol. The summed E-state index contributed by atoms with van der Waals surface area (Å²) >= 11 is 0. The van der Waals surface area contributed by atoms with Gasteiger partial charge in [0.05, 0.1) is 6.61 Å². The van der Waals surface area contributed by atoms with E-state index in [1.165, 1.54) is 12.8 Å². The van der Waals surface area contributed by atoms with Gasteiger partial charge < -0.3 is 19.9 Å². The van der Waals surface area contributed by atoms with Gasteiger partial charge in [0.2, 0.25) is 0 Å². The average molecular weight is 297 g/mol. The number of carbonyl (C=O) groups excluding carboxylic acids is 2. The lowest BCUT2D eigenvalue weighted by Crippen LogP contribution is -2.50. The number of hydrogen-bond acceptors (Lipinski definition) is 3.